The molecule has 2 atom stereocenters. The van der Waals surface area contributed by atoms with Gasteiger partial charge in [0.15, 0.2) is 0 Å². The number of hydrogen-bond donors (Lipinski definition) is 1. The molecule has 20 heavy (non-hydrogen) atoms. The normalized spacial score (nSPS) is 22.4. The Balaban J connectivity index is 2.03. The lowest BCUT2D eigenvalue weighted by atomic mass is 10.0. The Morgan fingerprint density at radius 3 is 2.85 bits per heavy atom. The van der Waals surface area contributed by atoms with E-state index in [2.05, 4.69) is 24.1 Å². The van der Waals surface area contributed by atoms with Crippen molar-refractivity contribution in [2.24, 2.45) is 5.92 Å². The van der Waals surface area contributed by atoms with E-state index in [4.69, 9.17) is 0 Å². The molecule has 1 aromatic rings. The van der Waals surface area contributed by atoms with Crippen molar-refractivity contribution in [3.05, 3.63) is 35.6 Å². The van der Waals surface area contributed by atoms with E-state index >= 15 is 0 Å². The number of halogens is 1. The molecule has 0 spiro atoms. The maximum Gasteiger partial charge on any atom is 0.128 e. The highest BCUT2D eigenvalue weighted by molar-refractivity contribution is 5.21. The van der Waals surface area contributed by atoms with Crippen LogP contribution in [0.2, 0.25) is 0 Å². The summed E-state index contributed by atoms with van der Waals surface area (Å²) >= 11 is 0. The Kier molecular flexibility index (Phi) is 5.99. The van der Waals surface area contributed by atoms with Crippen molar-refractivity contribution in [3.63, 3.8) is 0 Å². The molecular weight excluding hydrogens is 251 g/mol. The van der Waals surface area contributed by atoms with E-state index in [1.165, 1.54) is 19.3 Å². The molecule has 2 nitrogen and oxygen atoms in total. The first-order valence-electron chi connectivity index (χ1n) is 7.91. The number of hydrogen-bond acceptors (Lipinski definition) is 2. The van der Waals surface area contributed by atoms with Crippen molar-refractivity contribution in [1.29, 1.82) is 0 Å². The van der Waals surface area contributed by atoms with Gasteiger partial charge in [0.25, 0.3) is 0 Å². The van der Waals surface area contributed by atoms with Crippen LogP contribution in [0.3, 0.4) is 0 Å². The van der Waals surface area contributed by atoms with Crippen LogP contribution in [-0.2, 0) is 0 Å². The fourth-order valence-corrected chi connectivity index (χ4v) is 3.04. The molecule has 1 saturated heterocycles. The van der Waals surface area contributed by atoms with E-state index in [0.29, 0.717) is 0 Å². The molecule has 1 aliphatic rings. The Labute approximate surface area is 122 Å². The first kappa shape index (κ1) is 15.5. The van der Waals surface area contributed by atoms with Gasteiger partial charge in [0, 0.05) is 18.2 Å². The minimum absolute atomic E-state index is 0.0922. The lowest BCUT2D eigenvalue weighted by molar-refractivity contribution is 0.247. The van der Waals surface area contributed by atoms with Gasteiger partial charge >= 0.3 is 0 Å². The van der Waals surface area contributed by atoms with Gasteiger partial charge in [0.2, 0.25) is 0 Å². The summed E-state index contributed by atoms with van der Waals surface area (Å²) in [6, 6.07) is 7.24. The van der Waals surface area contributed by atoms with Gasteiger partial charge in [-0.05, 0) is 50.9 Å². The number of nitrogens with zero attached hydrogens (tertiary/aromatic N) is 1. The molecule has 3 heteroatoms. The predicted molar refractivity (Wildman–Crippen MR) is 82.3 cm³/mol. The van der Waals surface area contributed by atoms with Crippen LogP contribution in [0.25, 0.3) is 0 Å². The second-order valence-electron chi connectivity index (χ2n) is 5.97. The third-order valence-corrected chi connectivity index (χ3v) is 4.28. The molecule has 1 aromatic carbocycles. The van der Waals surface area contributed by atoms with Crippen LogP contribution in [0.5, 0.6) is 0 Å². The van der Waals surface area contributed by atoms with Crippen LogP contribution in [0.1, 0.15) is 44.7 Å². The Hall–Kier alpha value is -0.930. The number of benzene rings is 1. The smallest absolute Gasteiger partial charge is 0.128 e. The molecule has 0 amide bonds. The standard InChI is InChI=1S/C17H27FN2/c1-3-19-17(15-8-4-5-9-16(15)18)13-20-11-6-7-14(2)10-12-20/h4-5,8-9,14,17,19H,3,6-7,10-13H2,1-2H3. The van der Waals surface area contributed by atoms with Gasteiger partial charge in [-0.2, -0.15) is 0 Å². The average Bonchev–Trinajstić information content (AvgIpc) is 2.64. The number of nitrogens with one attached hydrogen (secondary N) is 1. The predicted octanol–water partition coefficient (Wildman–Crippen LogP) is 3.60. The molecule has 0 aromatic heterocycles. The number of likely N-dealkylation sites (tertiary alicyclic amines) is 1. The molecule has 0 saturated carbocycles. The largest absolute Gasteiger partial charge is 0.309 e. The average molecular weight is 278 g/mol. The second-order valence-corrected chi connectivity index (χ2v) is 5.97. The quantitative estimate of drug-likeness (QED) is 0.885. The van der Waals surface area contributed by atoms with Crippen LogP contribution in [0.4, 0.5) is 4.39 Å². The zero-order valence-electron chi connectivity index (χ0n) is 12.7. The van der Waals surface area contributed by atoms with E-state index in [9.17, 15) is 4.39 Å². The fourth-order valence-electron chi connectivity index (χ4n) is 3.04. The molecule has 1 N–H and O–H groups in total. The number of rotatable bonds is 5. The van der Waals surface area contributed by atoms with Crippen molar-refractivity contribution in [3.8, 4) is 0 Å². The first-order chi connectivity index (χ1) is 9.70. The number of likely N-dealkylation sites (N-methyl/N-ethyl adjacent to an activating group) is 1. The minimum Gasteiger partial charge on any atom is -0.309 e. The molecule has 0 aliphatic carbocycles. The zero-order valence-corrected chi connectivity index (χ0v) is 12.7. The topological polar surface area (TPSA) is 15.3 Å². The van der Waals surface area contributed by atoms with Gasteiger partial charge in [0.1, 0.15) is 5.82 Å². The van der Waals surface area contributed by atoms with Crippen LogP contribution < -0.4 is 5.32 Å². The van der Waals surface area contributed by atoms with Gasteiger partial charge in [-0.1, -0.05) is 32.0 Å². The summed E-state index contributed by atoms with van der Waals surface area (Å²) in [5.74, 6) is 0.729. The van der Waals surface area contributed by atoms with Crippen molar-refractivity contribution in [2.75, 3.05) is 26.2 Å². The zero-order chi connectivity index (χ0) is 14.4. The van der Waals surface area contributed by atoms with Crippen molar-refractivity contribution >= 4 is 0 Å². The summed E-state index contributed by atoms with van der Waals surface area (Å²) in [6.45, 7) is 8.46. The molecular formula is C17H27FN2. The molecule has 112 valence electrons. The molecule has 1 fully saturated rings. The van der Waals surface area contributed by atoms with Crippen LogP contribution in [0, 0.1) is 11.7 Å². The van der Waals surface area contributed by atoms with Crippen LogP contribution >= 0.6 is 0 Å². The summed E-state index contributed by atoms with van der Waals surface area (Å²) in [4.78, 5) is 2.49. The third-order valence-electron chi connectivity index (χ3n) is 4.28. The maximum atomic E-state index is 14.0. The molecule has 1 heterocycles. The van der Waals surface area contributed by atoms with Crippen molar-refractivity contribution in [1.82, 2.24) is 10.2 Å². The summed E-state index contributed by atoms with van der Waals surface area (Å²) in [5, 5.41) is 3.44. The highest BCUT2D eigenvalue weighted by Gasteiger charge is 2.20. The lowest BCUT2D eigenvalue weighted by Crippen LogP contribution is -2.36. The van der Waals surface area contributed by atoms with Crippen molar-refractivity contribution in [2.45, 2.75) is 39.2 Å². The highest BCUT2D eigenvalue weighted by Crippen LogP contribution is 2.21. The monoisotopic (exact) mass is 278 g/mol. The van der Waals surface area contributed by atoms with E-state index in [0.717, 1.165) is 37.7 Å². The summed E-state index contributed by atoms with van der Waals surface area (Å²) < 4.78 is 14.0. The SMILES string of the molecule is CCNC(CN1CCCC(C)CC1)c1ccccc1F. The summed E-state index contributed by atoms with van der Waals surface area (Å²) in [7, 11) is 0. The van der Waals surface area contributed by atoms with Crippen LogP contribution in [-0.4, -0.2) is 31.1 Å². The molecule has 1 aliphatic heterocycles. The van der Waals surface area contributed by atoms with E-state index in [1.54, 1.807) is 12.1 Å². The fraction of sp³-hybridized carbons (Fsp3) is 0.647. The molecule has 2 unspecified atom stereocenters. The summed E-state index contributed by atoms with van der Waals surface area (Å²) in [6.07, 6.45) is 3.84. The van der Waals surface area contributed by atoms with Crippen molar-refractivity contribution < 1.29 is 4.39 Å². The second kappa shape index (κ2) is 7.75. The van der Waals surface area contributed by atoms with E-state index in [1.807, 2.05) is 12.1 Å². The molecule has 0 radical (unpaired) electrons. The Morgan fingerprint density at radius 1 is 1.30 bits per heavy atom. The van der Waals surface area contributed by atoms with Gasteiger partial charge in [0.05, 0.1) is 0 Å². The van der Waals surface area contributed by atoms with Gasteiger partial charge in [-0.25, -0.2) is 4.39 Å². The van der Waals surface area contributed by atoms with Gasteiger partial charge in [-0.15, -0.1) is 0 Å². The molecule has 0 bridgehead atoms. The van der Waals surface area contributed by atoms with Gasteiger partial charge < -0.3 is 10.2 Å². The summed E-state index contributed by atoms with van der Waals surface area (Å²) in [5.41, 5.74) is 0.798. The molecule has 2 rings (SSSR count). The maximum absolute atomic E-state index is 14.0. The van der Waals surface area contributed by atoms with E-state index in [-0.39, 0.29) is 11.9 Å². The lowest BCUT2D eigenvalue weighted by Gasteiger charge is -2.27. The van der Waals surface area contributed by atoms with Gasteiger partial charge in [-0.3, -0.25) is 0 Å². The first-order valence-corrected chi connectivity index (χ1v) is 7.91. The Bertz CT molecular complexity index is 408. The Morgan fingerprint density at radius 2 is 2.10 bits per heavy atom. The highest BCUT2D eigenvalue weighted by atomic mass is 19.1. The third kappa shape index (κ3) is 4.29. The van der Waals surface area contributed by atoms with E-state index < -0.39 is 0 Å². The van der Waals surface area contributed by atoms with Crippen LogP contribution in [0.15, 0.2) is 24.3 Å². The minimum atomic E-state index is -0.0957.